The zero-order valence-corrected chi connectivity index (χ0v) is 20.1. The number of benzene rings is 2. The molecule has 3 heterocycles. The number of ether oxygens (including phenoxy) is 1. The number of aromatic nitrogens is 4. The summed E-state index contributed by atoms with van der Waals surface area (Å²) in [6.07, 6.45) is 2.89. The first-order valence-electron chi connectivity index (χ1n) is 11.7. The SMILES string of the molecule is CCCSc1nc(N2CCOCC2)c2cnn(CCNC(=O)c3ccc4ccccc4c3)c2n1. The average molecular weight is 477 g/mol. The Morgan fingerprint density at radius 3 is 2.76 bits per heavy atom. The van der Waals surface area contributed by atoms with Crippen LogP contribution in [0.25, 0.3) is 21.8 Å². The molecule has 4 aromatic rings. The van der Waals surface area contributed by atoms with Crippen molar-refractivity contribution in [3.8, 4) is 0 Å². The van der Waals surface area contributed by atoms with E-state index in [-0.39, 0.29) is 5.91 Å². The van der Waals surface area contributed by atoms with Gasteiger partial charge in [-0.3, -0.25) is 4.79 Å². The minimum absolute atomic E-state index is 0.0926. The van der Waals surface area contributed by atoms with E-state index in [0.29, 0.717) is 31.9 Å². The van der Waals surface area contributed by atoms with Crippen LogP contribution in [0.2, 0.25) is 0 Å². The zero-order valence-electron chi connectivity index (χ0n) is 19.2. The minimum atomic E-state index is -0.0926. The van der Waals surface area contributed by atoms with E-state index in [9.17, 15) is 4.79 Å². The lowest BCUT2D eigenvalue weighted by Crippen LogP contribution is -2.37. The Morgan fingerprint density at radius 1 is 1.12 bits per heavy atom. The molecule has 1 saturated heterocycles. The van der Waals surface area contributed by atoms with Gasteiger partial charge >= 0.3 is 0 Å². The van der Waals surface area contributed by atoms with Gasteiger partial charge in [0.2, 0.25) is 0 Å². The molecule has 1 aliphatic heterocycles. The molecule has 0 spiro atoms. The Hall–Kier alpha value is -3.17. The predicted octanol–water partition coefficient (Wildman–Crippen LogP) is 3.75. The van der Waals surface area contributed by atoms with Crippen LogP contribution in [0.5, 0.6) is 0 Å². The van der Waals surface area contributed by atoms with Gasteiger partial charge in [-0.15, -0.1) is 0 Å². The number of morpholine rings is 1. The summed E-state index contributed by atoms with van der Waals surface area (Å²) in [5, 5.41) is 11.5. The Balaban J connectivity index is 1.33. The summed E-state index contributed by atoms with van der Waals surface area (Å²) in [7, 11) is 0. The number of carbonyl (C=O) groups excluding carboxylic acids is 1. The van der Waals surface area contributed by atoms with Crippen molar-refractivity contribution in [3.05, 3.63) is 54.2 Å². The van der Waals surface area contributed by atoms with Crippen LogP contribution in [0, 0.1) is 0 Å². The molecule has 1 N–H and O–H groups in total. The van der Waals surface area contributed by atoms with Gasteiger partial charge in [0.25, 0.3) is 5.91 Å². The summed E-state index contributed by atoms with van der Waals surface area (Å²) >= 11 is 1.66. The molecule has 0 saturated carbocycles. The third-order valence-corrected chi connectivity index (χ3v) is 6.88. The third-order valence-electron chi connectivity index (χ3n) is 5.82. The highest BCUT2D eigenvalue weighted by molar-refractivity contribution is 7.99. The Kier molecular flexibility index (Phi) is 6.92. The molecule has 1 amide bonds. The standard InChI is InChI=1S/C25H28N6O2S/c1-2-15-34-25-28-22(30-11-13-33-14-12-30)21-17-27-31(23(21)29-25)10-9-26-24(32)20-8-7-18-5-3-4-6-19(18)16-20/h3-8,16-17H,2,9-15H2,1H3,(H,26,32). The van der Waals surface area contributed by atoms with Crippen molar-refractivity contribution in [2.75, 3.05) is 43.5 Å². The van der Waals surface area contributed by atoms with Gasteiger partial charge in [0, 0.05) is 31.0 Å². The van der Waals surface area contributed by atoms with E-state index < -0.39 is 0 Å². The van der Waals surface area contributed by atoms with Crippen LogP contribution in [0.15, 0.2) is 53.8 Å². The third kappa shape index (κ3) is 4.85. The van der Waals surface area contributed by atoms with E-state index in [4.69, 9.17) is 14.7 Å². The van der Waals surface area contributed by atoms with Crippen LogP contribution >= 0.6 is 11.8 Å². The van der Waals surface area contributed by atoms with Crippen molar-refractivity contribution >= 4 is 45.3 Å². The fourth-order valence-corrected chi connectivity index (χ4v) is 4.76. The average Bonchev–Trinajstić information content (AvgIpc) is 3.30. The molecule has 2 aromatic heterocycles. The summed E-state index contributed by atoms with van der Waals surface area (Å²) in [4.78, 5) is 24.6. The maximum Gasteiger partial charge on any atom is 0.251 e. The number of carbonyl (C=O) groups is 1. The van der Waals surface area contributed by atoms with E-state index in [1.54, 1.807) is 11.8 Å². The number of nitrogens with zero attached hydrogens (tertiary/aromatic N) is 5. The number of anilines is 1. The van der Waals surface area contributed by atoms with Gasteiger partial charge in [-0.25, -0.2) is 14.6 Å². The molecule has 34 heavy (non-hydrogen) atoms. The zero-order chi connectivity index (χ0) is 23.3. The molecule has 9 heteroatoms. The lowest BCUT2D eigenvalue weighted by molar-refractivity contribution is 0.0952. The van der Waals surface area contributed by atoms with Crippen molar-refractivity contribution in [2.45, 2.75) is 25.0 Å². The van der Waals surface area contributed by atoms with Crippen LogP contribution in [-0.2, 0) is 11.3 Å². The van der Waals surface area contributed by atoms with Gasteiger partial charge in [-0.2, -0.15) is 5.10 Å². The van der Waals surface area contributed by atoms with Crippen LogP contribution in [-0.4, -0.2) is 64.3 Å². The molecule has 0 aliphatic carbocycles. The normalized spacial score (nSPS) is 14.1. The number of amides is 1. The molecule has 1 fully saturated rings. The Labute approximate surface area is 202 Å². The van der Waals surface area contributed by atoms with Crippen molar-refractivity contribution < 1.29 is 9.53 Å². The van der Waals surface area contributed by atoms with Gasteiger partial charge in [0.1, 0.15) is 5.82 Å². The van der Waals surface area contributed by atoms with Crippen LogP contribution in [0.1, 0.15) is 23.7 Å². The number of hydrogen-bond donors (Lipinski definition) is 1. The smallest absolute Gasteiger partial charge is 0.251 e. The van der Waals surface area contributed by atoms with E-state index in [0.717, 1.165) is 58.0 Å². The van der Waals surface area contributed by atoms with Crippen molar-refractivity contribution in [3.63, 3.8) is 0 Å². The molecule has 0 unspecified atom stereocenters. The minimum Gasteiger partial charge on any atom is -0.378 e. The molecular weight excluding hydrogens is 448 g/mol. The maximum atomic E-state index is 12.7. The van der Waals surface area contributed by atoms with Crippen molar-refractivity contribution in [1.82, 2.24) is 25.1 Å². The highest BCUT2D eigenvalue weighted by Crippen LogP contribution is 2.28. The van der Waals surface area contributed by atoms with Gasteiger partial charge in [0.05, 0.1) is 31.3 Å². The van der Waals surface area contributed by atoms with Gasteiger partial charge in [-0.1, -0.05) is 49.0 Å². The van der Waals surface area contributed by atoms with Gasteiger partial charge in [-0.05, 0) is 29.3 Å². The summed E-state index contributed by atoms with van der Waals surface area (Å²) < 4.78 is 7.38. The summed E-state index contributed by atoms with van der Waals surface area (Å²) in [5.74, 6) is 1.78. The van der Waals surface area contributed by atoms with E-state index in [2.05, 4.69) is 22.2 Å². The molecular formula is C25H28N6O2S. The lowest BCUT2D eigenvalue weighted by Gasteiger charge is -2.28. The fourth-order valence-electron chi connectivity index (χ4n) is 4.07. The van der Waals surface area contributed by atoms with Crippen LogP contribution < -0.4 is 10.2 Å². The Bertz CT molecular complexity index is 1300. The first kappa shape index (κ1) is 22.6. The first-order chi connectivity index (χ1) is 16.7. The largest absolute Gasteiger partial charge is 0.378 e. The number of rotatable bonds is 8. The molecule has 5 rings (SSSR count). The Morgan fingerprint density at radius 2 is 1.94 bits per heavy atom. The second-order valence-corrected chi connectivity index (χ2v) is 9.26. The topological polar surface area (TPSA) is 85.2 Å². The van der Waals surface area contributed by atoms with E-state index >= 15 is 0 Å². The first-order valence-corrected chi connectivity index (χ1v) is 12.7. The summed E-state index contributed by atoms with van der Waals surface area (Å²) in [6, 6.07) is 13.8. The van der Waals surface area contributed by atoms with E-state index in [1.807, 2.05) is 53.3 Å². The second kappa shape index (κ2) is 10.4. The maximum absolute atomic E-state index is 12.7. The predicted molar refractivity (Wildman–Crippen MR) is 136 cm³/mol. The molecule has 176 valence electrons. The quantitative estimate of drug-likeness (QED) is 0.306. The molecule has 0 bridgehead atoms. The van der Waals surface area contributed by atoms with Crippen molar-refractivity contribution in [1.29, 1.82) is 0 Å². The molecule has 1 aliphatic rings. The van der Waals surface area contributed by atoms with Gasteiger partial charge in [0.15, 0.2) is 10.8 Å². The number of nitrogens with one attached hydrogen (secondary N) is 1. The highest BCUT2D eigenvalue weighted by atomic mass is 32.2. The van der Waals surface area contributed by atoms with E-state index in [1.165, 1.54) is 0 Å². The summed E-state index contributed by atoms with van der Waals surface area (Å²) in [5.41, 5.74) is 1.45. The fraction of sp³-hybridized carbons (Fsp3) is 0.360. The lowest BCUT2D eigenvalue weighted by atomic mass is 10.1. The number of thioether (sulfide) groups is 1. The highest BCUT2D eigenvalue weighted by Gasteiger charge is 2.20. The molecule has 2 aromatic carbocycles. The summed E-state index contributed by atoms with van der Waals surface area (Å²) in [6.45, 7) is 6.12. The number of hydrogen-bond acceptors (Lipinski definition) is 7. The second-order valence-electron chi connectivity index (χ2n) is 8.20. The number of fused-ring (bicyclic) bond motifs is 2. The van der Waals surface area contributed by atoms with Crippen LogP contribution in [0.3, 0.4) is 0 Å². The van der Waals surface area contributed by atoms with Gasteiger partial charge < -0.3 is 15.0 Å². The molecule has 0 atom stereocenters. The molecule has 0 radical (unpaired) electrons. The molecule has 8 nitrogen and oxygen atoms in total. The van der Waals surface area contributed by atoms with Crippen molar-refractivity contribution in [2.24, 2.45) is 0 Å². The monoisotopic (exact) mass is 476 g/mol. The van der Waals surface area contributed by atoms with Crippen LogP contribution in [0.4, 0.5) is 5.82 Å².